The standard InChI is InChI=1S/C13H19N5O/c1-10-7-12(8-14)16-13(15-10)18-4-3-17(5-6-19)9-11(18)2/h7,11,19H,3-6,9H2,1-2H3. The van der Waals surface area contributed by atoms with Crippen LogP contribution in [0.3, 0.4) is 0 Å². The van der Waals surface area contributed by atoms with Crippen molar-refractivity contribution >= 4 is 5.95 Å². The molecule has 2 heterocycles. The molecule has 1 fully saturated rings. The lowest BCUT2D eigenvalue weighted by molar-refractivity contribution is 0.173. The van der Waals surface area contributed by atoms with Crippen LogP contribution in [0.5, 0.6) is 0 Å². The van der Waals surface area contributed by atoms with Crippen LogP contribution < -0.4 is 4.90 Å². The monoisotopic (exact) mass is 261 g/mol. The van der Waals surface area contributed by atoms with Crippen molar-refractivity contribution in [2.24, 2.45) is 0 Å². The average Bonchev–Trinajstić information content (AvgIpc) is 2.38. The Hall–Kier alpha value is -1.71. The number of nitrogens with zero attached hydrogens (tertiary/aromatic N) is 5. The highest BCUT2D eigenvalue weighted by Crippen LogP contribution is 2.17. The number of aliphatic hydroxyl groups excluding tert-OH is 1. The van der Waals surface area contributed by atoms with Crippen LogP contribution >= 0.6 is 0 Å². The zero-order valence-corrected chi connectivity index (χ0v) is 11.4. The molecule has 0 saturated carbocycles. The van der Waals surface area contributed by atoms with Gasteiger partial charge in [-0.3, -0.25) is 4.90 Å². The van der Waals surface area contributed by atoms with Crippen LogP contribution in [0.1, 0.15) is 18.3 Å². The molecule has 6 nitrogen and oxygen atoms in total. The highest BCUT2D eigenvalue weighted by atomic mass is 16.3. The number of piperazine rings is 1. The van der Waals surface area contributed by atoms with E-state index in [0.29, 0.717) is 18.2 Å². The van der Waals surface area contributed by atoms with E-state index in [-0.39, 0.29) is 12.6 Å². The van der Waals surface area contributed by atoms with Gasteiger partial charge in [0.1, 0.15) is 11.8 Å². The number of hydrogen-bond donors (Lipinski definition) is 1. The molecule has 2 rings (SSSR count). The van der Waals surface area contributed by atoms with E-state index in [4.69, 9.17) is 10.4 Å². The van der Waals surface area contributed by atoms with Crippen LogP contribution in [-0.2, 0) is 0 Å². The van der Waals surface area contributed by atoms with Gasteiger partial charge in [0.15, 0.2) is 0 Å². The number of rotatable bonds is 3. The molecule has 1 saturated heterocycles. The zero-order valence-electron chi connectivity index (χ0n) is 11.4. The molecule has 1 atom stereocenters. The van der Waals surface area contributed by atoms with Crippen molar-refractivity contribution in [3.63, 3.8) is 0 Å². The number of aliphatic hydroxyl groups is 1. The van der Waals surface area contributed by atoms with E-state index in [1.807, 2.05) is 6.92 Å². The van der Waals surface area contributed by atoms with Gasteiger partial charge in [-0.1, -0.05) is 0 Å². The van der Waals surface area contributed by atoms with Crippen molar-refractivity contribution in [3.05, 3.63) is 17.5 Å². The van der Waals surface area contributed by atoms with E-state index in [0.717, 1.165) is 25.3 Å². The second-order valence-electron chi connectivity index (χ2n) is 4.87. The summed E-state index contributed by atoms with van der Waals surface area (Å²) in [5, 5.41) is 17.9. The van der Waals surface area contributed by atoms with Gasteiger partial charge in [0.25, 0.3) is 0 Å². The third kappa shape index (κ3) is 3.19. The van der Waals surface area contributed by atoms with Crippen molar-refractivity contribution in [3.8, 4) is 6.07 Å². The Balaban J connectivity index is 2.15. The van der Waals surface area contributed by atoms with Gasteiger partial charge >= 0.3 is 0 Å². The van der Waals surface area contributed by atoms with Crippen LogP contribution in [-0.4, -0.2) is 58.8 Å². The average molecular weight is 261 g/mol. The van der Waals surface area contributed by atoms with E-state index in [9.17, 15) is 0 Å². The Bertz CT molecular complexity index is 484. The summed E-state index contributed by atoms with van der Waals surface area (Å²) in [6.45, 7) is 7.45. The summed E-state index contributed by atoms with van der Waals surface area (Å²) >= 11 is 0. The molecule has 6 heteroatoms. The number of aryl methyl sites for hydroxylation is 1. The predicted octanol–water partition coefficient (Wildman–Crippen LogP) is 0.159. The fourth-order valence-corrected chi connectivity index (χ4v) is 2.41. The number of hydrogen-bond acceptors (Lipinski definition) is 6. The summed E-state index contributed by atoms with van der Waals surface area (Å²) in [6, 6.07) is 4.03. The lowest BCUT2D eigenvalue weighted by atomic mass is 10.2. The highest BCUT2D eigenvalue weighted by Gasteiger charge is 2.25. The van der Waals surface area contributed by atoms with Crippen molar-refractivity contribution in [2.75, 3.05) is 37.7 Å². The second-order valence-corrected chi connectivity index (χ2v) is 4.87. The van der Waals surface area contributed by atoms with E-state index < -0.39 is 0 Å². The summed E-state index contributed by atoms with van der Waals surface area (Å²) < 4.78 is 0. The molecule has 0 bridgehead atoms. The molecule has 1 N–H and O–H groups in total. The minimum atomic E-state index is 0.187. The Labute approximate surface area is 113 Å². The normalized spacial score (nSPS) is 20.3. The minimum absolute atomic E-state index is 0.187. The van der Waals surface area contributed by atoms with Gasteiger partial charge in [-0.2, -0.15) is 5.26 Å². The fraction of sp³-hybridized carbons (Fsp3) is 0.615. The summed E-state index contributed by atoms with van der Waals surface area (Å²) in [6.07, 6.45) is 0. The first kappa shape index (κ1) is 13.7. The summed E-state index contributed by atoms with van der Waals surface area (Å²) in [7, 11) is 0. The van der Waals surface area contributed by atoms with Gasteiger partial charge in [-0.25, -0.2) is 9.97 Å². The largest absolute Gasteiger partial charge is 0.395 e. The Kier molecular flexibility index (Phi) is 4.30. The van der Waals surface area contributed by atoms with Crippen molar-refractivity contribution in [1.82, 2.24) is 14.9 Å². The van der Waals surface area contributed by atoms with Crippen LogP contribution in [0.15, 0.2) is 6.07 Å². The topological polar surface area (TPSA) is 76.3 Å². The Morgan fingerprint density at radius 2 is 2.26 bits per heavy atom. The predicted molar refractivity (Wildman–Crippen MR) is 71.8 cm³/mol. The number of nitriles is 1. The third-order valence-corrected chi connectivity index (χ3v) is 3.34. The first-order valence-corrected chi connectivity index (χ1v) is 6.49. The smallest absolute Gasteiger partial charge is 0.227 e. The Morgan fingerprint density at radius 3 is 2.89 bits per heavy atom. The number of β-amino-alcohol motifs (C(OH)–C–C–N with tert-alkyl or cyclic N) is 1. The third-order valence-electron chi connectivity index (χ3n) is 3.34. The van der Waals surface area contributed by atoms with Gasteiger partial charge in [0.2, 0.25) is 5.95 Å². The number of aromatic nitrogens is 2. The minimum Gasteiger partial charge on any atom is -0.395 e. The highest BCUT2D eigenvalue weighted by molar-refractivity contribution is 5.37. The molecular formula is C13H19N5O. The van der Waals surface area contributed by atoms with Crippen molar-refractivity contribution in [1.29, 1.82) is 5.26 Å². The Morgan fingerprint density at radius 1 is 1.47 bits per heavy atom. The quantitative estimate of drug-likeness (QED) is 0.835. The molecule has 0 spiro atoms. The van der Waals surface area contributed by atoms with Crippen LogP contribution in [0.2, 0.25) is 0 Å². The summed E-state index contributed by atoms with van der Waals surface area (Å²) in [4.78, 5) is 13.1. The van der Waals surface area contributed by atoms with E-state index >= 15 is 0 Å². The molecule has 1 aliphatic rings. The van der Waals surface area contributed by atoms with Gasteiger partial charge < -0.3 is 10.0 Å². The molecule has 19 heavy (non-hydrogen) atoms. The molecule has 1 unspecified atom stereocenters. The molecule has 0 aromatic carbocycles. The van der Waals surface area contributed by atoms with Gasteiger partial charge in [-0.15, -0.1) is 0 Å². The summed E-state index contributed by atoms with van der Waals surface area (Å²) in [5.41, 5.74) is 1.22. The van der Waals surface area contributed by atoms with Crippen LogP contribution in [0, 0.1) is 18.3 Å². The van der Waals surface area contributed by atoms with Gasteiger partial charge in [-0.05, 0) is 19.9 Å². The first-order valence-electron chi connectivity index (χ1n) is 6.49. The second kappa shape index (κ2) is 5.95. The van der Waals surface area contributed by atoms with E-state index in [1.165, 1.54) is 0 Å². The molecule has 1 aliphatic heterocycles. The summed E-state index contributed by atoms with van der Waals surface area (Å²) in [5.74, 6) is 0.632. The molecule has 1 aromatic rings. The van der Waals surface area contributed by atoms with Crippen molar-refractivity contribution < 1.29 is 5.11 Å². The molecular weight excluding hydrogens is 242 g/mol. The molecule has 1 aromatic heterocycles. The van der Waals surface area contributed by atoms with Gasteiger partial charge in [0.05, 0.1) is 6.61 Å². The zero-order chi connectivity index (χ0) is 13.8. The van der Waals surface area contributed by atoms with Gasteiger partial charge in [0, 0.05) is 37.9 Å². The van der Waals surface area contributed by atoms with Crippen LogP contribution in [0.4, 0.5) is 5.95 Å². The first-order chi connectivity index (χ1) is 9.13. The van der Waals surface area contributed by atoms with E-state index in [2.05, 4.69) is 32.8 Å². The van der Waals surface area contributed by atoms with Crippen LogP contribution in [0.25, 0.3) is 0 Å². The van der Waals surface area contributed by atoms with E-state index in [1.54, 1.807) is 6.07 Å². The lowest BCUT2D eigenvalue weighted by Crippen LogP contribution is -2.53. The maximum absolute atomic E-state index is 8.98. The van der Waals surface area contributed by atoms with Crippen molar-refractivity contribution in [2.45, 2.75) is 19.9 Å². The number of anilines is 1. The molecule has 102 valence electrons. The molecule has 0 aliphatic carbocycles. The maximum atomic E-state index is 8.98. The molecule has 0 radical (unpaired) electrons. The fourth-order valence-electron chi connectivity index (χ4n) is 2.41. The molecule has 0 amide bonds. The lowest BCUT2D eigenvalue weighted by Gasteiger charge is -2.39. The maximum Gasteiger partial charge on any atom is 0.227 e. The SMILES string of the molecule is Cc1cc(C#N)nc(N2CCN(CCO)CC2C)n1.